The minimum atomic E-state index is -1.03. The van der Waals surface area contributed by atoms with Gasteiger partial charge in [0.05, 0.1) is 17.9 Å². The summed E-state index contributed by atoms with van der Waals surface area (Å²) in [5.74, 6) is -2.27. The smallest absolute Gasteiger partial charge is 0.254 e. The fourth-order valence-electron chi connectivity index (χ4n) is 4.05. The number of halogens is 2. The van der Waals surface area contributed by atoms with Crippen molar-refractivity contribution in [2.45, 2.75) is 18.9 Å². The Kier molecular flexibility index (Phi) is 5.31. The summed E-state index contributed by atoms with van der Waals surface area (Å²) in [7, 11) is 1.82. The lowest BCUT2D eigenvalue weighted by Gasteiger charge is -2.42. The first kappa shape index (κ1) is 19.5. The van der Waals surface area contributed by atoms with Crippen molar-refractivity contribution in [2.75, 3.05) is 37.6 Å². The lowest BCUT2D eigenvalue weighted by atomic mass is 10.0. The Hall–Kier alpha value is -2.81. The molecule has 0 saturated carbocycles. The number of aromatic nitrogens is 2. The standard InChI is InChI=1S/C20H23F2N5O2/c1-24-13-15(12-23-24)27-6-2-3-18(20(27)29)25-7-9-26(10-8-25)19(28)14-4-5-16(21)17(22)11-14/h4-5,11-13,18H,2-3,6-10H2,1H3. The maximum atomic E-state index is 13.4. The Balaban J connectivity index is 1.39. The van der Waals surface area contributed by atoms with Crippen LogP contribution in [-0.4, -0.2) is 70.2 Å². The van der Waals surface area contributed by atoms with Gasteiger partial charge < -0.3 is 9.80 Å². The predicted octanol–water partition coefficient (Wildman–Crippen LogP) is 1.65. The van der Waals surface area contributed by atoms with E-state index in [2.05, 4.69) is 10.00 Å². The number of benzene rings is 1. The third kappa shape index (κ3) is 3.87. The van der Waals surface area contributed by atoms with E-state index in [1.807, 2.05) is 13.2 Å². The molecule has 2 aliphatic heterocycles. The highest BCUT2D eigenvalue weighted by atomic mass is 19.2. The number of piperidine rings is 1. The molecule has 0 N–H and O–H groups in total. The first-order valence-electron chi connectivity index (χ1n) is 9.72. The van der Waals surface area contributed by atoms with Gasteiger partial charge in [-0.3, -0.25) is 19.2 Å². The molecular weight excluding hydrogens is 380 g/mol. The van der Waals surface area contributed by atoms with Crippen LogP contribution in [0, 0.1) is 11.6 Å². The Morgan fingerprint density at radius 2 is 1.86 bits per heavy atom. The van der Waals surface area contributed by atoms with Gasteiger partial charge in [-0.2, -0.15) is 5.10 Å². The molecule has 0 bridgehead atoms. The molecule has 0 aliphatic carbocycles. The summed E-state index contributed by atoms with van der Waals surface area (Å²) in [6.07, 6.45) is 5.21. The van der Waals surface area contributed by atoms with Crippen LogP contribution in [0.5, 0.6) is 0 Å². The van der Waals surface area contributed by atoms with E-state index in [1.54, 1.807) is 20.7 Å². The van der Waals surface area contributed by atoms with Gasteiger partial charge in [-0.25, -0.2) is 8.78 Å². The number of carbonyl (C=O) groups excluding carboxylic acids is 2. The fraction of sp³-hybridized carbons (Fsp3) is 0.450. The summed E-state index contributed by atoms with van der Waals surface area (Å²) in [6.45, 7) is 2.68. The van der Waals surface area contributed by atoms with Crippen LogP contribution in [0.3, 0.4) is 0 Å². The average molecular weight is 403 g/mol. The van der Waals surface area contributed by atoms with Gasteiger partial charge in [0.1, 0.15) is 0 Å². The summed E-state index contributed by atoms with van der Waals surface area (Å²) >= 11 is 0. The Bertz CT molecular complexity index is 923. The summed E-state index contributed by atoms with van der Waals surface area (Å²) in [4.78, 5) is 31.1. The van der Waals surface area contributed by atoms with Crippen LogP contribution in [0.15, 0.2) is 30.6 Å². The molecule has 2 aliphatic rings. The number of hydrogen-bond acceptors (Lipinski definition) is 4. The Morgan fingerprint density at radius 3 is 2.52 bits per heavy atom. The molecule has 1 atom stereocenters. The first-order chi connectivity index (χ1) is 13.9. The van der Waals surface area contributed by atoms with Gasteiger partial charge in [-0.15, -0.1) is 0 Å². The zero-order valence-electron chi connectivity index (χ0n) is 16.2. The molecule has 0 spiro atoms. The van der Waals surface area contributed by atoms with Crippen LogP contribution in [-0.2, 0) is 11.8 Å². The third-order valence-corrected chi connectivity index (χ3v) is 5.62. The first-order valence-corrected chi connectivity index (χ1v) is 9.72. The summed E-state index contributed by atoms with van der Waals surface area (Å²) in [5.41, 5.74) is 0.934. The summed E-state index contributed by atoms with van der Waals surface area (Å²) in [5, 5.41) is 4.15. The predicted molar refractivity (Wildman–Crippen MR) is 102 cm³/mol. The average Bonchev–Trinajstić information content (AvgIpc) is 3.16. The van der Waals surface area contributed by atoms with Crippen LogP contribution in [0.1, 0.15) is 23.2 Å². The molecule has 2 fully saturated rings. The lowest BCUT2D eigenvalue weighted by Crippen LogP contribution is -2.58. The zero-order chi connectivity index (χ0) is 20.5. The molecule has 9 heteroatoms. The second kappa shape index (κ2) is 7.90. The quantitative estimate of drug-likeness (QED) is 0.782. The van der Waals surface area contributed by atoms with Crippen molar-refractivity contribution < 1.29 is 18.4 Å². The highest BCUT2D eigenvalue weighted by Gasteiger charge is 2.36. The number of amides is 2. The molecule has 2 saturated heterocycles. The molecule has 29 heavy (non-hydrogen) atoms. The fourth-order valence-corrected chi connectivity index (χ4v) is 4.05. The molecule has 1 aromatic heterocycles. The van der Waals surface area contributed by atoms with E-state index in [0.717, 1.165) is 30.7 Å². The molecule has 154 valence electrons. The zero-order valence-corrected chi connectivity index (χ0v) is 16.2. The lowest BCUT2D eigenvalue weighted by molar-refractivity contribution is -0.126. The highest BCUT2D eigenvalue weighted by molar-refractivity contribution is 5.98. The van der Waals surface area contributed by atoms with Crippen molar-refractivity contribution in [2.24, 2.45) is 7.05 Å². The van der Waals surface area contributed by atoms with Gasteiger partial charge in [0.25, 0.3) is 5.91 Å². The largest absolute Gasteiger partial charge is 0.336 e. The van der Waals surface area contributed by atoms with Crippen LogP contribution in [0.2, 0.25) is 0 Å². The molecule has 2 amide bonds. The molecule has 7 nitrogen and oxygen atoms in total. The summed E-state index contributed by atoms with van der Waals surface area (Å²) < 4.78 is 28.2. The van der Waals surface area contributed by atoms with Crippen LogP contribution >= 0.6 is 0 Å². The highest BCUT2D eigenvalue weighted by Crippen LogP contribution is 2.24. The van der Waals surface area contributed by atoms with Gasteiger partial charge in [-0.05, 0) is 31.0 Å². The number of anilines is 1. The van der Waals surface area contributed by atoms with E-state index in [0.29, 0.717) is 32.7 Å². The number of aryl methyl sites for hydroxylation is 1. The second-order valence-electron chi connectivity index (χ2n) is 7.48. The Labute approximate surface area is 167 Å². The van der Waals surface area contributed by atoms with Crippen LogP contribution in [0.4, 0.5) is 14.5 Å². The monoisotopic (exact) mass is 403 g/mol. The molecule has 0 radical (unpaired) electrons. The normalized spacial score (nSPS) is 20.9. The van der Waals surface area contributed by atoms with Crippen molar-refractivity contribution in [3.63, 3.8) is 0 Å². The number of piperazine rings is 1. The topological polar surface area (TPSA) is 61.7 Å². The number of nitrogens with zero attached hydrogens (tertiary/aromatic N) is 5. The molecule has 3 heterocycles. The van der Waals surface area contributed by atoms with Crippen molar-refractivity contribution in [1.29, 1.82) is 0 Å². The minimum absolute atomic E-state index is 0.0598. The van der Waals surface area contributed by atoms with E-state index in [1.165, 1.54) is 6.07 Å². The van der Waals surface area contributed by atoms with E-state index in [-0.39, 0.29) is 23.4 Å². The molecule has 1 unspecified atom stereocenters. The molecular formula is C20H23F2N5O2. The van der Waals surface area contributed by atoms with Crippen LogP contribution in [0.25, 0.3) is 0 Å². The van der Waals surface area contributed by atoms with Crippen molar-refractivity contribution in [3.05, 3.63) is 47.8 Å². The van der Waals surface area contributed by atoms with Gasteiger partial charge >= 0.3 is 0 Å². The minimum Gasteiger partial charge on any atom is -0.336 e. The second-order valence-corrected chi connectivity index (χ2v) is 7.48. The van der Waals surface area contributed by atoms with E-state index < -0.39 is 11.6 Å². The van der Waals surface area contributed by atoms with Gasteiger partial charge in [0.15, 0.2) is 11.6 Å². The van der Waals surface area contributed by atoms with Crippen LogP contribution < -0.4 is 4.90 Å². The number of hydrogen-bond donors (Lipinski definition) is 0. The SMILES string of the molecule is Cn1cc(N2CCCC(N3CCN(C(=O)c4ccc(F)c(F)c4)CC3)C2=O)cn1. The number of rotatable bonds is 3. The maximum Gasteiger partial charge on any atom is 0.254 e. The van der Waals surface area contributed by atoms with E-state index in [4.69, 9.17) is 0 Å². The van der Waals surface area contributed by atoms with Gasteiger partial charge in [0.2, 0.25) is 5.91 Å². The maximum absolute atomic E-state index is 13.4. The van der Waals surface area contributed by atoms with Gasteiger partial charge in [-0.1, -0.05) is 0 Å². The molecule has 4 rings (SSSR count). The number of carbonyl (C=O) groups is 2. The molecule has 2 aromatic rings. The Morgan fingerprint density at radius 1 is 1.10 bits per heavy atom. The van der Waals surface area contributed by atoms with Crippen molar-refractivity contribution in [3.8, 4) is 0 Å². The van der Waals surface area contributed by atoms with E-state index in [9.17, 15) is 18.4 Å². The van der Waals surface area contributed by atoms with E-state index >= 15 is 0 Å². The molecule has 1 aromatic carbocycles. The van der Waals surface area contributed by atoms with Crippen molar-refractivity contribution in [1.82, 2.24) is 19.6 Å². The summed E-state index contributed by atoms with van der Waals surface area (Å²) in [6, 6.07) is 2.97. The van der Waals surface area contributed by atoms with Crippen molar-refractivity contribution >= 4 is 17.5 Å². The third-order valence-electron chi connectivity index (χ3n) is 5.62. The van der Waals surface area contributed by atoms with Gasteiger partial charge in [0, 0.05) is 51.5 Å².